The lowest BCUT2D eigenvalue weighted by molar-refractivity contribution is -0.139. The van der Waals surface area contributed by atoms with Crippen LogP contribution in [0.5, 0.6) is 5.75 Å². The van der Waals surface area contributed by atoms with Crippen LogP contribution in [0.15, 0.2) is 18.2 Å². The number of rotatable bonds is 5. The molecule has 0 amide bonds. The van der Waals surface area contributed by atoms with Gasteiger partial charge in [-0.25, -0.2) is 0 Å². The van der Waals surface area contributed by atoms with E-state index in [4.69, 9.17) is 5.11 Å². The van der Waals surface area contributed by atoms with Crippen LogP contribution in [0.4, 0.5) is 13.2 Å². The lowest BCUT2D eigenvalue weighted by Crippen LogP contribution is -2.37. The van der Waals surface area contributed by atoms with Crippen molar-refractivity contribution < 1.29 is 40.5 Å². The highest BCUT2D eigenvalue weighted by Gasteiger charge is 2.49. The van der Waals surface area contributed by atoms with E-state index in [0.29, 0.717) is 12.0 Å². The molecule has 0 saturated carbocycles. The van der Waals surface area contributed by atoms with Gasteiger partial charge in [-0.05, 0) is 43.0 Å². The molecule has 0 saturated heterocycles. The summed E-state index contributed by atoms with van der Waals surface area (Å²) < 4.78 is 63.2. The largest absolute Gasteiger partial charge is 0.534 e. The first kappa shape index (κ1) is 19.2. The smallest absolute Gasteiger partial charge is 0.481 e. The zero-order valence-corrected chi connectivity index (χ0v) is 13.9. The number of carboxylic acids is 1. The van der Waals surface area contributed by atoms with E-state index in [0.717, 1.165) is 12.1 Å². The SMILES string of the molecule is CCC1(CC(=O)O)CCc2cc(OS(=O)(=O)C(F)(F)F)ccc2C1=O. The third kappa shape index (κ3) is 3.63. The van der Waals surface area contributed by atoms with E-state index < -0.39 is 38.5 Å². The molecule has 1 unspecified atom stereocenters. The summed E-state index contributed by atoms with van der Waals surface area (Å²) >= 11 is 0. The fraction of sp³-hybridized carbons (Fsp3) is 0.467. The molecule has 0 radical (unpaired) electrons. The van der Waals surface area contributed by atoms with Gasteiger partial charge in [0.2, 0.25) is 0 Å². The molecule has 0 aromatic heterocycles. The molecule has 2 rings (SSSR count). The Kier molecular flexibility index (Phi) is 4.86. The van der Waals surface area contributed by atoms with Gasteiger partial charge in [-0.15, -0.1) is 0 Å². The molecule has 1 aliphatic rings. The Balaban J connectivity index is 2.35. The Morgan fingerprint density at radius 3 is 2.52 bits per heavy atom. The van der Waals surface area contributed by atoms with Gasteiger partial charge in [-0.1, -0.05) is 6.92 Å². The Labute approximate surface area is 141 Å². The second-order valence-electron chi connectivity index (χ2n) is 5.84. The predicted octanol–water partition coefficient (Wildman–Crippen LogP) is 2.92. The number of hydrogen-bond acceptors (Lipinski definition) is 5. The topological polar surface area (TPSA) is 97.7 Å². The quantitative estimate of drug-likeness (QED) is 0.623. The number of aryl methyl sites for hydroxylation is 1. The predicted molar refractivity (Wildman–Crippen MR) is 79.7 cm³/mol. The maximum absolute atomic E-state index is 12.7. The first-order valence-electron chi connectivity index (χ1n) is 7.32. The number of hydrogen-bond donors (Lipinski definition) is 1. The molecule has 6 nitrogen and oxygen atoms in total. The summed E-state index contributed by atoms with van der Waals surface area (Å²) in [6.07, 6.45) is 0.392. The highest BCUT2D eigenvalue weighted by molar-refractivity contribution is 7.88. The van der Waals surface area contributed by atoms with E-state index in [1.165, 1.54) is 6.07 Å². The number of aliphatic carboxylic acids is 1. The molecule has 1 aromatic rings. The van der Waals surface area contributed by atoms with Crippen LogP contribution in [0.1, 0.15) is 42.1 Å². The van der Waals surface area contributed by atoms with Crippen molar-refractivity contribution in [3.05, 3.63) is 29.3 Å². The van der Waals surface area contributed by atoms with Gasteiger partial charge in [0.1, 0.15) is 5.75 Å². The van der Waals surface area contributed by atoms with E-state index in [2.05, 4.69) is 4.18 Å². The molecule has 1 aliphatic carbocycles. The van der Waals surface area contributed by atoms with Crippen LogP contribution in [-0.2, 0) is 21.3 Å². The molecule has 0 bridgehead atoms. The van der Waals surface area contributed by atoms with Crippen LogP contribution < -0.4 is 4.18 Å². The fourth-order valence-corrected chi connectivity index (χ4v) is 3.37. The fourth-order valence-electron chi connectivity index (χ4n) is 2.92. The van der Waals surface area contributed by atoms with Gasteiger partial charge in [0, 0.05) is 11.0 Å². The molecule has 25 heavy (non-hydrogen) atoms. The third-order valence-electron chi connectivity index (χ3n) is 4.33. The summed E-state index contributed by atoms with van der Waals surface area (Å²) in [5, 5.41) is 9.03. The number of ketones is 1. The molecule has 0 aliphatic heterocycles. The maximum Gasteiger partial charge on any atom is 0.534 e. The van der Waals surface area contributed by atoms with Crippen LogP contribution in [0.25, 0.3) is 0 Å². The number of alkyl halides is 3. The standard InChI is InChI=1S/C15H15F3O6S/c1-2-14(8-12(19)20)6-5-9-7-10(3-4-11(9)13(14)21)24-25(22,23)15(16,17)18/h3-4,7H,2,5-6,8H2,1H3,(H,19,20). The van der Waals surface area contributed by atoms with Gasteiger partial charge in [0.05, 0.1) is 6.42 Å². The van der Waals surface area contributed by atoms with Crippen LogP contribution in [-0.4, -0.2) is 30.8 Å². The third-order valence-corrected chi connectivity index (χ3v) is 5.31. The lowest BCUT2D eigenvalue weighted by Gasteiger charge is -2.34. The second-order valence-corrected chi connectivity index (χ2v) is 7.37. The number of carbonyl (C=O) groups excluding carboxylic acids is 1. The van der Waals surface area contributed by atoms with E-state index in [9.17, 15) is 31.2 Å². The first-order valence-corrected chi connectivity index (χ1v) is 8.73. The summed E-state index contributed by atoms with van der Waals surface area (Å²) in [5.74, 6) is -2.08. The van der Waals surface area contributed by atoms with Crippen LogP contribution >= 0.6 is 0 Å². The van der Waals surface area contributed by atoms with Crippen molar-refractivity contribution in [3.8, 4) is 5.75 Å². The summed E-state index contributed by atoms with van der Waals surface area (Å²) in [6.45, 7) is 1.69. The van der Waals surface area contributed by atoms with Gasteiger partial charge in [-0.2, -0.15) is 21.6 Å². The minimum Gasteiger partial charge on any atom is -0.481 e. The first-order chi connectivity index (χ1) is 11.4. The number of halogens is 3. The molecule has 0 heterocycles. The molecule has 1 atom stereocenters. The highest BCUT2D eigenvalue weighted by atomic mass is 32.2. The Bertz CT molecular complexity index is 815. The van der Waals surface area contributed by atoms with Gasteiger partial charge >= 0.3 is 21.6 Å². The van der Waals surface area contributed by atoms with Crippen molar-refractivity contribution in [1.29, 1.82) is 0 Å². The molecule has 138 valence electrons. The molecule has 1 N–H and O–H groups in total. The van der Waals surface area contributed by atoms with E-state index in [1.807, 2.05) is 0 Å². The van der Waals surface area contributed by atoms with Crippen molar-refractivity contribution in [2.75, 3.05) is 0 Å². The molecule has 1 aromatic carbocycles. The van der Waals surface area contributed by atoms with Gasteiger partial charge in [-0.3, -0.25) is 9.59 Å². The van der Waals surface area contributed by atoms with Crippen molar-refractivity contribution in [2.24, 2.45) is 5.41 Å². The van der Waals surface area contributed by atoms with E-state index in [1.54, 1.807) is 6.92 Å². The average Bonchev–Trinajstić information content (AvgIpc) is 2.48. The van der Waals surface area contributed by atoms with Crippen LogP contribution in [0.3, 0.4) is 0 Å². The average molecular weight is 380 g/mol. The minimum atomic E-state index is -5.80. The maximum atomic E-state index is 12.7. The summed E-state index contributed by atoms with van der Waals surface area (Å²) in [6, 6.07) is 3.19. The van der Waals surface area contributed by atoms with Crippen LogP contribution in [0, 0.1) is 5.41 Å². The van der Waals surface area contributed by atoms with Crippen molar-refractivity contribution in [3.63, 3.8) is 0 Å². The number of Topliss-reactive ketones (excluding diaryl/α,β-unsaturated/α-hetero) is 1. The minimum absolute atomic E-state index is 0.172. The summed E-state index contributed by atoms with van der Waals surface area (Å²) in [7, 11) is -5.80. The van der Waals surface area contributed by atoms with E-state index >= 15 is 0 Å². The molecule has 10 heteroatoms. The monoisotopic (exact) mass is 380 g/mol. The van der Waals surface area contributed by atoms with Crippen molar-refractivity contribution in [2.45, 2.75) is 38.1 Å². The molecular weight excluding hydrogens is 365 g/mol. The number of benzene rings is 1. The number of fused-ring (bicyclic) bond motifs is 1. The van der Waals surface area contributed by atoms with Crippen molar-refractivity contribution >= 4 is 21.9 Å². The van der Waals surface area contributed by atoms with Gasteiger partial charge in [0.15, 0.2) is 5.78 Å². The van der Waals surface area contributed by atoms with Crippen molar-refractivity contribution in [1.82, 2.24) is 0 Å². The lowest BCUT2D eigenvalue weighted by atomic mass is 9.67. The Morgan fingerprint density at radius 1 is 1.36 bits per heavy atom. The van der Waals surface area contributed by atoms with E-state index in [-0.39, 0.29) is 24.8 Å². The molecular formula is C15H15F3O6S. The van der Waals surface area contributed by atoms with Gasteiger partial charge < -0.3 is 9.29 Å². The summed E-state index contributed by atoms with van der Waals surface area (Å²) in [5.41, 5.74) is -6.13. The number of carboxylic acid groups (broad SMARTS) is 1. The molecule has 0 spiro atoms. The van der Waals surface area contributed by atoms with Crippen LogP contribution in [0.2, 0.25) is 0 Å². The second kappa shape index (κ2) is 6.32. The zero-order chi connectivity index (χ0) is 19.0. The Morgan fingerprint density at radius 2 is 2.00 bits per heavy atom. The zero-order valence-electron chi connectivity index (χ0n) is 13.1. The van der Waals surface area contributed by atoms with Gasteiger partial charge in [0.25, 0.3) is 0 Å². The highest BCUT2D eigenvalue weighted by Crippen LogP contribution is 2.42. The molecule has 0 fully saturated rings. The Hall–Kier alpha value is -2.10. The number of carbonyl (C=O) groups is 2. The normalized spacial score (nSPS) is 20.9. The summed E-state index contributed by atoms with van der Waals surface area (Å²) in [4.78, 5) is 23.7.